The molecule has 0 spiro atoms. The minimum atomic E-state index is -0.739. The molecule has 4 heteroatoms. The molecular weight excluding hydrogens is 218 g/mol. The summed E-state index contributed by atoms with van der Waals surface area (Å²) in [6, 6.07) is -0.390. The van der Waals surface area contributed by atoms with Crippen molar-refractivity contribution in [1.29, 1.82) is 0 Å². The van der Waals surface area contributed by atoms with Gasteiger partial charge in [-0.2, -0.15) is 0 Å². The van der Waals surface area contributed by atoms with Crippen molar-refractivity contribution in [2.75, 3.05) is 19.8 Å². The summed E-state index contributed by atoms with van der Waals surface area (Å²) in [7, 11) is 0. The molecule has 0 aromatic carbocycles. The first-order valence-corrected chi connectivity index (χ1v) is 6.78. The molecule has 0 saturated heterocycles. The summed E-state index contributed by atoms with van der Waals surface area (Å²) in [5.41, 5.74) is 0. The van der Waals surface area contributed by atoms with E-state index in [-0.39, 0.29) is 0 Å². The van der Waals surface area contributed by atoms with Crippen molar-refractivity contribution in [3.8, 4) is 0 Å². The Morgan fingerprint density at radius 2 is 2.24 bits per heavy atom. The van der Waals surface area contributed by atoms with Crippen molar-refractivity contribution >= 4 is 5.97 Å². The molecule has 1 fully saturated rings. The number of hydrogen-bond acceptors (Lipinski definition) is 3. The van der Waals surface area contributed by atoms with Crippen LogP contribution in [0.2, 0.25) is 0 Å². The molecule has 17 heavy (non-hydrogen) atoms. The fourth-order valence-corrected chi connectivity index (χ4v) is 1.71. The number of aliphatic carboxylic acids is 1. The van der Waals surface area contributed by atoms with Crippen LogP contribution in [0.1, 0.15) is 45.4 Å². The molecule has 2 N–H and O–H groups in total. The van der Waals surface area contributed by atoms with Crippen LogP contribution in [-0.2, 0) is 9.53 Å². The van der Waals surface area contributed by atoms with E-state index in [4.69, 9.17) is 9.84 Å². The zero-order valence-corrected chi connectivity index (χ0v) is 10.8. The number of rotatable bonds is 11. The van der Waals surface area contributed by atoms with E-state index < -0.39 is 12.0 Å². The third-order valence-electron chi connectivity index (χ3n) is 3.05. The van der Waals surface area contributed by atoms with Gasteiger partial charge in [-0.25, -0.2) is 0 Å². The number of carboxylic acids is 1. The van der Waals surface area contributed by atoms with Crippen LogP contribution in [0.5, 0.6) is 0 Å². The molecule has 0 aromatic heterocycles. The summed E-state index contributed by atoms with van der Waals surface area (Å²) in [6.45, 7) is 4.43. The van der Waals surface area contributed by atoms with Crippen molar-refractivity contribution in [1.82, 2.24) is 5.32 Å². The van der Waals surface area contributed by atoms with E-state index in [2.05, 4.69) is 12.2 Å². The Labute approximate surface area is 104 Å². The Bertz CT molecular complexity index is 217. The quantitative estimate of drug-likeness (QED) is 0.545. The van der Waals surface area contributed by atoms with E-state index >= 15 is 0 Å². The average Bonchev–Trinajstić information content (AvgIpc) is 3.10. The number of unbranched alkanes of at least 4 members (excludes halogenated alkanes) is 1. The molecule has 100 valence electrons. The molecule has 1 aliphatic carbocycles. The van der Waals surface area contributed by atoms with Gasteiger partial charge in [-0.3, -0.25) is 4.79 Å². The molecule has 0 aromatic rings. The van der Waals surface area contributed by atoms with Crippen LogP contribution in [0.4, 0.5) is 0 Å². The fourth-order valence-electron chi connectivity index (χ4n) is 1.71. The van der Waals surface area contributed by atoms with E-state index in [1.165, 1.54) is 12.8 Å². The van der Waals surface area contributed by atoms with Crippen LogP contribution in [0.15, 0.2) is 0 Å². The molecule has 1 rings (SSSR count). The summed E-state index contributed by atoms with van der Waals surface area (Å²) < 4.78 is 5.49. The van der Waals surface area contributed by atoms with E-state index in [0.29, 0.717) is 0 Å². The third kappa shape index (κ3) is 7.34. The summed E-state index contributed by atoms with van der Waals surface area (Å²) in [6.07, 6.45) is 6.24. The Hall–Kier alpha value is -0.610. The smallest absolute Gasteiger partial charge is 0.320 e. The molecule has 0 aliphatic heterocycles. The number of ether oxygens (including phenoxy) is 1. The van der Waals surface area contributed by atoms with E-state index in [1.807, 2.05) is 0 Å². The fraction of sp³-hybridized carbons (Fsp3) is 0.923. The molecule has 0 amide bonds. The van der Waals surface area contributed by atoms with Crippen LogP contribution in [-0.4, -0.2) is 36.9 Å². The summed E-state index contributed by atoms with van der Waals surface area (Å²) in [4.78, 5) is 10.9. The zero-order valence-electron chi connectivity index (χ0n) is 10.8. The van der Waals surface area contributed by atoms with Crippen molar-refractivity contribution in [2.24, 2.45) is 5.92 Å². The molecule has 4 nitrogen and oxygen atoms in total. The van der Waals surface area contributed by atoms with E-state index in [0.717, 1.165) is 51.4 Å². The first-order chi connectivity index (χ1) is 8.24. The molecular formula is C13H25NO3. The van der Waals surface area contributed by atoms with Gasteiger partial charge in [-0.15, -0.1) is 0 Å². The lowest BCUT2D eigenvalue weighted by atomic mass is 10.1. The highest BCUT2D eigenvalue weighted by atomic mass is 16.5. The van der Waals surface area contributed by atoms with Crippen molar-refractivity contribution < 1.29 is 14.6 Å². The highest BCUT2D eigenvalue weighted by molar-refractivity contribution is 5.73. The normalized spacial score (nSPS) is 17.0. The topological polar surface area (TPSA) is 58.6 Å². The van der Waals surface area contributed by atoms with Gasteiger partial charge in [-0.1, -0.05) is 19.8 Å². The van der Waals surface area contributed by atoms with Gasteiger partial charge in [0, 0.05) is 13.2 Å². The predicted molar refractivity (Wildman–Crippen MR) is 67.1 cm³/mol. The molecule has 1 atom stereocenters. The van der Waals surface area contributed by atoms with Gasteiger partial charge < -0.3 is 15.2 Å². The molecule has 1 unspecified atom stereocenters. The van der Waals surface area contributed by atoms with Crippen LogP contribution in [0.3, 0.4) is 0 Å². The molecule has 1 aliphatic rings. The van der Waals surface area contributed by atoms with Gasteiger partial charge in [0.2, 0.25) is 0 Å². The highest BCUT2D eigenvalue weighted by Crippen LogP contribution is 2.28. The highest BCUT2D eigenvalue weighted by Gasteiger charge is 2.21. The molecule has 0 radical (unpaired) electrons. The maximum Gasteiger partial charge on any atom is 0.320 e. The second kappa shape index (κ2) is 8.48. The van der Waals surface area contributed by atoms with Crippen LogP contribution >= 0.6 is 0 Å². The average molecular weight is 243 g/mol. The first-order valence-electron chi connectivity index (χ1n) is 6.78. The van der Waals surface area contributed by atoms with Gasteiger partial charge in [0.25, 0.3) is 0 Å². The van der Waals surface area contributed by atoms with Gasteiger partial charge in [0.1, 0.15) is 6.04 Å². The molecule has 0 bridgehead atoms. The Morgan fingerprint density at radius 3 is 2.82 bits per heavy atom. The lowest BCUT2D eigenvalue weighted by molar-refractivity contribution is -0.139. The monoisotopic (exact) mass is 243 g/mol. The third-order valence-corrected chi connectivity index (χ3v) is 3.05. The van der Waals surface area contributed by atoms with Crippen molar-refractivity contribution in [2.45, 2.75) is 51.5 Å². The van der Waals surface area contributed by atoms with Gasteiger partial charge in [0.15, 0.2) is 0 Å². The summed E-state index contributed by atoms with van der Waals surface area (Å²) in [5, 5.41) is 12.1. The predicted octanol–water partition coefficient (Wildman–Crippen LogP) is 2.04. The standard InChI is InChI=1S/C13H25NO3/c1-2-3-5-12(13(15)16)14-8-4-9-17-10-11-6-7-11/h11-12,14H,2-10H2,1H3,(H,15,16). The Kier molecular flexibility index (Phi) is 7.21. The summed E-state index contributed by atoms with van der Waals surface area (Å²) in [5.74, 6) is 0.0663. The second-order valence-electron chi connectivity index (χ2n) is 4.86. The second-order valence-corrected chi connectivity index (χ2v) is 4.86. The van der Waals surface area contributed by atoms with Gasteiger partial charge in [0.05, 0.1) is 0 Å². The van der Waals surface area contributed by atoms with E-state index in [9.17, 15) is 4.79 Å². The number of carbonyl (C=O) groups is 1. The SMILES string of the molecule is CCCCC(NCCCOCC1CC1)C(=O)O. The summed E-state index contributed by atoms with van der Waals surface area (Å²) >= 11 is 0. The van der Waals surface area contributed by atoms with Crippen LogP contribution in [0, 0.1) is 5.92 Å². The van der Waals surface area contributed by atoms with Gasteiger partial charge in [-0.05, 0) is 38.1 Å². The minimum absolute atomic E-state index is 0.390. The number of carboxylic acid groups (broad SMARTS) is 1. The van der Waals surface area contributed by atoms with Crippen LogP contribution in [0.25, 0.3) is 0 Å². The zero-order chi connectivity index (χ0) is 12.5. The van der Waals surface area contributed by atoms with Crippen molar-refractivity contribution in [3.05, 3.63) is 0 Å². The Balaban J connectivity index is 1.94. The maximum atomic E-state index is 10.9. The molecule has 0 heterocycles. The van der Waals surface area contributed by atoms with Gasteiger partial charge >= 0.3 is 5.97 Å². The Morgan fingerprint density at radius 1 is 1.47 bits per heavy atom. The largest absolute Gasteiger partial charge is 0.480 e. The van der Waals surface area contributed by atoms with Crippen LogP contribution < -0.4 is 5.32 Å². The van der Waals surface area contributed by atoms with E-state index in [1.54, 1.807) is 0 Å². The lowest BCUT2D eigenvalue weighted by Gasteiger charge is -2.13. The first kappa shape index (κ1) is 14.5. The minimum Gasteiger partial charge on any atom is -0.480 e. The lowest BCUT2D eigenvalue weighted by Crippen LogP contribution is -2.37. The molecule has 1 saturated carbocycles. The van der Waals surface area contributed by atoms with Crippen molar-refractivity contribution in [3.63, 3.8) is 0 Å². The number of nitrogens with one attached hydrogen (secondary N) is 1. The maximum absolute atomic E-state index is 10.9. The number of hydrogen-bond donors (Lipinski definition) is 2.